The molecule has 0 fully saturated rings. The third-order valence-corrected chi connectivity index (χ3v) is 5.63. The lowest BCUT2D eigenvalue weighted by molar-refractivity contribution is 0.505. The van der Waals surface area contributed by atoms with Gasteiger partial charge in [-0.3, -0.25) is 5.01 Å². The maximum Gasteiger partial charge on any atom is 0.0860 e. The van der Waals surface area contributed by atoms with Crippen LogP contribution in [0.15, 0.2) is 90.0 Å². The standard InChI is InChI=1S/C24H22N2/c1-3-11-19(12-4-1)24-22-17-9-13-18-10-7-8-16-21(18)23(22)25-26(24)20-14-5-2-6-15-20/h1-8,10-12,14-16,22,24H,9,13,17H2/t22-,24?/m1/s1. The van der Waals surface area contributed by atoms with E-state index in [1.165, 1.54) is 40.9 Å². The van der Waals surface area contributed by atoms with E-state index in [9.17, 15) is 0 Å². The zero-order chi connectivity index (χ0) is 17.3. The zero-order valence-electron chi connectivity index (χ0n) is 14.8. The molecule has 0 radical (unpaired) electrons. The first-order valence-electron chi connectivity index (χ1n) is 9.48. The van der Waals surface area contributed by atoms with Crippen molar-refractivity contribution in [2.24, 2.45) is 11.0 Å². The van der Waals surface area contributed by atoms with Crippen molar-refractivity contribution in [3.05, 3.63) is 102 Å². The molecule has 1 heterocycles. The van der Waals surface area contributed by atoms with Crippen LogP contribution in [0, 0.1) is 5.92 Å². The molecule has 2 atom stereocenters. The topological polar surface area (TPSA) is 15.6 Å². The van der Waals surface area contributed by atoms with Crippen LogP contribution in [-0.4, -0.2) is 5.71 Å². The molecule has 0 spiro atoms. The summed E-state index contributed by atoms with van der Waals surface area (Å²) in [5.41, 5.74) is 6.56. The van der Waals surface area contributed by atoms with Gasteiger partial charge in [-0.25, -0.2) is 0 Å². The van der Waals surface area contributed by atoms with Crippen molar-refractivity contribution in [1.82, 2.24) is 0 Å². The van der Waals surface area contributed by atoms with E-state index in [1.54, 1.807) is 0 Å². The van der Waals surface area contributed by atoms with Crippen LogP contribution in [0.4, 0.5) is 5.69 Å². The molecular formula is C24H22N2. The van der Waals surface area contributed by atoms with Gasteiger partial charge in [-0.1, -0.05) is 72.8 Å². The lowest BCUT2D eigenvalue weighted by Crippen LogP contribution is -2.25. The largest absolute Gasteiger partial charge is 0.257 e. The lowest BCUT2D eigenvalue weighted by Gasteiger charge is -2.28. The lowest BCUT2D eigenvalue weighted by atomic mass is 9.85. The zero-order valence-corrected chi connectivity index (χ0v) is 14.8. The van der Waals surface area contributed by atoms with E-state index < -0.39 is 0 Å². The Bertz CT molecular complexity index is 931. The summed E-state index contributed by atoms with van der Waals surface area (Å²) in [6.45, 7) is 0. The first-order chi connectivity index (χ1) is 12.9. The minimum absolute atomic E-state index is 0.264. The van der Waals surface area contributed by atoms with Gasteiger partial charge in [-0.2, -0.15) is 5.10 Å². The molecule has 0 saturated heterocycles. The minimum Gasteiger partial charge on any atom is -0.257 e. The van der Waals surface area contributed by atoms with Gasteiger partial charge in [0, 0.05) is 11.5 Å². The average Bonchev–Trinajstić information content (AvgIpc) is 2.99. The van der Waals surface area contributed by atoms with Crippen LogP contribution in [0.2, 0.25) is 0 Å². The number of hydrogen-bond acceptors (Lipinski definition) is 2. The Morgan fingerprint density at radius 1 is 0.769 bits per heavy atom. The smallest absolute Gasteiger partial charge is 0.0860 e. The number of anilines is 1. The van der Waals surface area contributed by atoms with Crippen molar-refractivity contribution >= 4 is 11.4 Å². The highest BCUT2D eigenvalue weighted by atomic mass is 15.5. The second kappa shape index (κ2) is 6.45. The number of rotatable bonds is 2. The van der Waals surface area contributed by atoms with Crippen molar-refractivity contribution in [3.63, 3.8) is 0 Å². The van der Waals surface area contributed by atoms with Gasteiger partial charge in [0.15, 0.2) is 0 Å². The fourth-order valence-corrected chi connectivity index (χ4v) is 4.44. The maximum absolute atomic E-state index is 5.19. The molecule has 2 nitrogen and oxygen atoms in total. The summed E-state index contributed by atoms with van der Waals surface area (Å²) < 4.78 is 0. The number of nitrogens with zero attached hydrogens (tertiary/aromatic N) is 2. The van der Waals surface area contributed by atoms with Gasteiger partial charge in [-0.15, -0.1) is 0 Å². The highest BCUT2D eigenvalue weighted by Gasteiger charge is 2.40. The third kappa shape index (κ3) is 2.53. The summed E-state index contributed by atoms with van der Waals surface area (Å²) in [7, 11) is 0. The Kier molecular flexibility index (Phi) is 3.82. The SMILES string of the molecule is c1ccc(C2[C@@H]3CCCc4ccccc4C3=NN2c2ccccc2)cc1. The summed E-state index contributed by atoms with van der Waals surface area (Å²) >= 11 is 0. The molecule has 1 aliphatic carbocycles. The molecule has 0 aromatic heterocycles. The van der Waals surface area contributed by atoms with Crippen molar-refractivity contribution < 1.29 is 0 Å². The number of hydrazone groups is 1. The highest BCUT2D eigenvalue weighted by Crippen LogP contribution is 2.44. The van der Waals surface area contributed by atoms with Gasteiger partial charge >= 0.3 is 0 Å². The molecule has 26 heavy (non-hydrogen) atoms. The quantitative estimate of drug-likeness (QED) is 0.593. The van der Waals surface area contributed by atoms with Crippen LogP contribution in [0.1, 0.15) is 35.6 Å². The monoisotopic (exact) mass is 338 g/mol. The van der Waals surface area contributed by atoms with E-state index in [0.717, 1.165) is 6.42 Å². The molecule has 3 aromatic carbocycles. The van der Waals surface area contributed by atoms with E-state index in [1.807, 2.05) is 0 Å². The van der Waals surface area contributed by atoms with Gasteiger partial charge in [0.05, 0.1) is 17.4 Å². The van der Waals surface area contributed by atoms with E-state index in [0.29, 0.717) is 5.92 Å². The molecule has 0 bridgehead atoms. The Morgan fingerprint density at radius 2 is 1.46 bits per heavy atom. The fraction of sp³-hybridized carbons (Fsp3) is 0.208. The van der Waals surface area contributed by atoms with Crippen LogP contribution in [-0.2, 0) is 6.42 Å². The highest BCUT2D eigenvalue weighted by molar-refractivity contribution is 6.06. The molecule has 0 amide bonds. The van der Waals surface area contributed by atoms with Crippen LogP contribution < -0.4 is 5.01 Å². The molecule has 2 aliphatic rings. The van der Waals surface area contributed by atoms with Gasteiger partial charge in [-0.05, 0) is 42.5 Å². The Morgan fingerprint density at radius 3 is 2.27 bits per heavy atom. The Balaban J connectivity index is 1.68. The molecule has 0 saturated carbocycles. The second-order valence-corrected chi connectivity index (χ2v) is 7.18. The first-order valence-corrected chi connectivity index (χ1v) is 9.48. The van der Waals surface area contributed by atoms with Crippen LogP contribution in [0.3, 0.4) is 0 Å². The molecular weight excluding hydrogens is 316 g/mol. The summed E-state index contributed by atoms with van der Waals surface area (Å²) in [6.07, 6.45) is 3.54. The normalized spacial score (nSPS) is 21.5. The van der Waals surface area contributed by atoms with E-state index >= 15 is 0 Å². The van der Waals surface area contributed by atoms with Crippen molar-refractivity contribution in [2.75, 3.05) is 5.01 Å². The van der Waals surface area contributed by atoms with Gasteiger partial charge in [0.2, 0.25) is 0 Å². The third-order valence-electron chi connectivity index (χ3n) is 5.63. The summed E-state index contributed by atoms with van der Waals surface area (Å²) in [4.78, 5) is 0. The average molecular weight is 338 g/mol. The molecule has 0 N–H and O–H groups in total. The fourth-order valence-electron chi connectivity index (χ4n) is 4.44. The first kappa shape index (κ1) is 15.4. The van der Waals surface area contributed by atoms with Crippen molar-refractivity contribution in [1.29, 1.82) is 0 Å². The van der Waals surface area contributed by atoms with Crippen molar-refractivity contribution in [3.8, 4) is 0 Å². The number of hydrogen-bond donors (Lipinski definition) is 0. The number of para-hydroxylation sites is 1. The summed E-state index contributed by atoms with van der Waals surface area (Å²) in [5, 5.41) is 7.44. The Labute approximate surface area is 154 Å². The number of benzene rings is 3. The summed E-state index contributed by atoms with van der Waals surface area (Å²) in [6, 6.07) is 30.5. The van der Waals surface area contributed by atoms with Crippen LogP contribution in [0.25, 0.3) is 0 Å². The molecule has 128 valence electrons. The van der Waals surface area contributed by atoms with E-state index in [2.05, 4.69) is 89.9 Å². The predicted octanol–water partition coefficient (Wildman–Crippen LogP) is 5.60. The summed E-state index contributed by atoms with van der Waals surface area (Å²) in [5.74, 6) is 0.432. The van der Waals surface area contributed by atoms with Crippen molar-refractivity contribution in [2.45, 2.75) is 25.3 Å². The molecule has 1 unspecified atom stereocenters. The molecule has 1 aliphatic heterocycles. The van der Waals surface area contributed by atoms with Crippen LogP contribution >= 0.6 is 0 Å². The van der Waals surface area contributed by atoms with Gasteiger partial charge in [0.25, 0.3) is 0 Å². The molecule has 3 aromatic rings. The van der Waals surface area contributed by atoms with Gasteiger partial charge < -0.3 is 0 Å². The maximum atomic E-state index is 5.19. The minimum atomic E-state index is 0.264. The molecule has 2 heteroatoms. The van der Waals surface area contributed by atoms with E-state index in [-0.39, 0.29) is 6.04 Å². The predicted molar refractivity (Wildman–Crippen MR) is 108 cm³/mol. The number of aryl methyl sites for hydroxylation is 1. The number of fused-ring (bicyclic) bond motifs is 3. The second-order valence-electron chi connectivity index (χ2n) is 7.18. The van der Waals surface area contributed by atoms with Gasteiger partial charge in [0.1, 0.15) is 0 Å². The van der Waals surface area contributed by atoms with E-state index in [4.69, 9.17) is 5.10 Å². The Hall–Kier alpha value is -2.87. The molecule has 5 rings (SSSR count). The van der Waals surface area contributed by atoms with Crippen LogP contribution in [0.5, 0.6) is 0 Å².